The molecule has 0 saturated heterocycles. The zero-order valence-electron chi connectivity index (χ0n) is 15.8. The molecule has 0 spiro atoms. The molecule has 0 fully saturated rings. The SMILES string of the molecule is CCOC(=O)c1c(C)[nH]c(C(=O)OC(C)C(=O)Nc2cccc(Cl)c2Cl)c1C. The Morgan fingerprint density at radius 1 is 1.18 bits per heavy atom. The Hall–Kier alpha value is -2.51. The van der Waals surface area contributed by atoms with Crippen LogP contribution >= 0.6 is 23.2 Å². The topological polar surface area (TPSA) is 97.5 Å². The summed E-state index contributed by atoms with van der Waals surface area (Å²) in [5.74, 6) is -1.88. The summed E-state index contributed by atoms with van der Waals surface area (Å²) in [4.78, 5) is 39.6. The van der Waals surface area contributed by atoms with Crippen molar-refractivity contribution < 1.29 is 23.9 Å². The number of aryl methyl sites for hydroxylation is 1. The Morgan fingerprint density at radius 2 is 1.86 bits per heavy atom. The Kier molecular flexibility index (Phi) is 7.10. The highest BCUT2D eigenvalue weighted by atomic mass is 35.5. The van der Waals surface area contributed by atoms with E-state index < -0.39 is 23.9 Å². The molecule has 7 nitrogen and oxygen atoms in total. The van der Waals surface area contributed by atoms with Crippen molar-refractivity contribution in [3.05, 3.63) is 50.8 Å². The zero-order chi connectivity index (χ0) is 21.0. The maximum absolute atomic E-state index is 12.5. The van der Waals surface area contributed by atoms with Crippen LogP contribution in [0.5, 0.6) is 0 Å². The van der Waals surface area contributed by atoms with E-state index in [1.165, 1.54) is 6.92 Å². The van der Waals surface area contributed by atoms with Crippen LogP contribution in [0.2, 0.25) is 10.0 Å². The number of hydrogen-bond donors (Lipinski definition) is 2. The van der Waals surface area contributed by atoms with Crippen molar-refractivity contribution in [1.29, 1.82) is 0 Å². The fraction of sp³-hybridized carbons (Fsp3) is 0.316. The normalized spacial score (nSPS) is 11.6. The number of H-pyrrole nitrogens is 1. The Morgan fingerprint density at radius 3 is 2.50 bits per heavy atom. The molecule has 1 aromatic carbocycles. The number of esters is 2. The van der Waals surface area contributed by atoms with Crippen molar-refractivity contribution in [3.63, 3.8) is 0 Å². The van der Waals surface area contributed by atoms with E-state index in [1.807, 2.05) is 0 Å². The molecular weight excluding hydrogens is 407 g/mol. The average Bonchev–Trinajstić information content (AvgIpc) is 2.93. The lowest BCUT2D eigenvalue weighted by atomic mass is 10.1. The van der Waals surface area contributed by atoms with Gasteiger partial charge < -0.3 is 19.8 Å². The molecule has 0 radical (unpaired) electrons. The number of benzene rings is 1. The van der Waals surface area contributed by atoms with E-state index in [-0.39, 0.29) is 27.9 Å². The predicted molar refractivity (Wildman–Crippen MR) is 106 cm³/mol. The number of nitrogens with one attached hydrogen (secondary N) is 2. The zero-order valence-corrected chi connectivity index (χ0v) is 17.3. The first-order valence-electron chi connectivity index (χ1n) is 8.49. The number of halogens is 2. The summed E-state index contributed by atoms with van der Waals surface area (Å²) >= 11 is 11.9. The number of aromatic amines is 1. The van der Waals surface area contributed by atoms with E-state index in [9.17, 15) is 14.4 Å². The van der Waals surface area contributed by atoms with Gasteiger partial charge in [0.1, 0.15) is 5.69 Å². The molecular formula is C19H20Cl2N2O5. The highest BCUT2D eigenvalue weighted by molar-refractivity contribution is 6.44. The molecule has 9 heteroatoms. The third-order valence-electron chi connectivity index (χ3n) is 3.98. The minimum Gasteiger partial charge on any atom is -0.462 e. The molecule has 1 heterocycles. The number of amides is 1. The quantitative estimate of drug-likeness (QED) is 0.670. The summed E-state index contributed by atoms with van der Waals surface area (Å²) in [6.07, 6.45) is -1.11. The van der Waals surface area contributed by atoms with Gasteiger partial charge in [0.25, 0.3) is 5.91 Å². The summed E-state index contributed by atoms with van der Waals surface area (Å²) in [6, 6.07) is 4.79. The second-order valence-electron chi connectivity index (χ2n) is 5.98. The van der Waals surface area contributed by atoms with Crippen LogP contribution in [0.3, 0.4) is 0 Å². The van der Waals surface area contributed by atoms with E-state index in [4.69, 9.17) is 32.7 Å². The lowest BCUT2D eigenvalue weighted by molar-refractivity contribution is -0.123. The molecule has 1 atom stereocenters. The Bertz CT molecular complexity index is 923. The van der Waals surface area contributed by atoms with Crippen LogP contribution in [0.25, 0.3) is 0 Å². The maximum Gasteiger partial charge on any atom is 0.355 e. The molecule has 2 N–H and O–H groups in total. The summed E-state index contributed by atoms with van der Waals surface area (Å²) in [7, 11) is 0. The molecule has 0 aliphatic carbocycles. The first-order valence-corrected chi connectivity index (χ1v) is 9.25. The van der Waals surface area contributed by atoms with Crippen molar-refractivity contribution in [2.24, 2.45) is 0 Å². The average molecular weight is 427 g/mol. The second kappa shape index (κ2) is 9.12. The number of aromatic nitrogens is 1. The molecule has 1 aromatic heterocycles. The predicted octanol–water partition coefficient (Wildman–Crippen LogP) is 4.30. The third-order valence-corrected chi connectivity index (χ3v) is 4.80. The number of anilines is 1. The molecule has 1 unspecified atom stereocenters. The molecule has 0 aliphatic heterocycles. The van der Waals surface area contributed by atoms with Crippen LogP contribution < -0.4 is 5.32 Å². The van der Waals surface area contributed by atoms with E-state index in [0.717, 1.165) is 0 Å². The number of carbonyl (C=O) groups is 3. The number of carbonyl (C=O) groups excluding carboxylic acids is 3. The number of hydrogen-bond acceptors (Lipinski definition) is 5. The monoisotopic (exact) mass is 426 g/mol. The molecule has 2 rings (SSSR count). The standard InChI is InChI=1S/C19H20Cl2N2O5/c1-5-27-18(25)14-9(2)16(22-10(14)3)19(26)28-11(4)17(24)23-13-8-6-7-12(20)15(13)21/h6-8,11,22H,5H2,1-4H3,(H,23,24). The summed E-state index contributed by atoms with van der Waals surface area (Å²) < 4.78 is 10.2. The van der Waals surface area contributed by atoms with Crippen molar-refractivity contribution in [2.45, 2.75) is 33.8 Å². The summed E-state index contributed by atoms with van der Waals surface area (Å²) in [6.45, 7) is 6.57. The van der Waals surface area contributed by atoms with E-state index in [2.05, 4.69) is 10.3 Å². The Labute approximate surface area is 172 Å². The first kappa shape index (κ1) is 21.8. The van der Waals surface area contributed by atoms with Gasteiger partial charge in [-0.25, -0.2) is 9.59 Å². The van der Waals surface area contributed by atoms with Crippen molar-refractivity contribution in [2.75, 3.05) is 11.9 Å². The minimum absolute atomic E-state index is 0.0843. The first-order chi connectivity index (χ1) is 13.2. The smallest absolute Gasteiger partial charge is 0.355 e. The van der Waals surface area contributed by atoms with Gasteiger partial charge in [0.15, 0.2) is 6.10 Å². The van der Waals surface area contributed by atoms with Gasteiger partial charge >= 0.3 is 11.9 Å². The maximum atomic E-state index is 12.5. The summed E-state index contributed by atoms with van der Waals surface area (Å²) in [5.41, 5.74) is 1.54. The fourth-order valence-electron chi connectivity index (χ4n) is 2.57. The van der Waals surface area contributed by atoms with Crippen LogP contribution in [0.1, 0.15) is 46.0 Å². The summed E-state index contributed by atoms with van der Waals surface area (Å²) in [5, 5.41) is 3.03. The van der Waals surface area contributed by atoms with Crippen molar-refractivity contribution in [3.8, 4) is 0 Å². The van der Waals surface area contributed by atoms with E-state index >= 15 is 0 Å². The Balaban J connectivity index is 2.12. The largest absolute Gasteiger partial charge is 0.462 e. The van der Waals surface area contributed by atoms with Gasteiger partial charge in [-0.1, -0.05) is 29.3 Å². The molecule has 150 valence electrons. The van der Waals surface area contributed by atoms with Crippen LogP contribution in [0.4, 0.5) is 5.69 Å². The molecule has 0 aliphatic rings. The van der Waals surface area contributed by atoms with E-state index in [1.54, 1.807) is 39.0 Å². The van der Waals surface area contributed by atoms with Gasteiger partial charge in [0, 0.05) is 5.69 Å². The lowest BCUT2D eigenvalue weighted by Gasteiger charge is -2.14. The fourth-order valence-corrected chi connectivity index (χ4v) is 2.92. The lowest BCUT2D eigenvalue weighted by Crippen LogP contribution is -2.30. The highest BCUT2D eigenvalue weighted by Gasteiger charge is 2.26. The highest BCUT2D eigenvalue weighted by Crippen LogP contribution is 2.29. The van der Waals surface area contributed by atoms with Crippen LogP contribution in [-0.4, -0.2) is 35.5 Å². The number of ether oxygens (including phenoxy) is 2. The van der Waals surface area contributed by atoms with Gasteiger partial charge in [-0.05, 0) is 45.4 Å². The molecule has 1 amide bonds. The minimum atomic E-state index is -1.11. The van der Waals surface area contributed by atoms with Crippen molar-refractivity contribution in [1.82, 2.24) is 4.98 Å². The van der Waals surface area contributed by atoms with Gasteiger partial charge in [0.2, 0.25) is 0 Å². The molecule has 0 bridgehead atoms. The van der Waals surface area contributed by atoms with Crippen LogP contribution in [-0.2, 0) is 14.3 Å². The van der Waals surface area contributed by atoms with Gasteiger partial charge in [-0.2, -0.15) is 0 Å². The van der Waals surface area contributed by atoms with Gasteiger partial charge in [-0.15, -0.1) is 0 Å². The van der Waals surface area contributed by atoms with Crippen LogP contribution in [0, 0.1) is 13.8 Å². The van der Waals surface area contributed by atoms with Crippen molar-refractivity contribution >= 4 is 46.7 Å². The third kappa shape index (κ3) is 4.66. The second-order valence-corrected chi connectivity index (χ2v) is 6.77. The molecule has 2 aromatic rings. The van der Waals surface area contributed by atoms with Gasteiger partial charge in [-0.3, -0.25) is 4.79 Å². The van der Waals surface area contributed by atoms with Crippen LogP contribution in [0.15, 0.2) is 18.2 Å². The van der Waals surface area contributed by atoms with Gasteiger partial charge in [0.05, 0.1) is 27.9 Å². The van der Waals surface area contributed by atoms with E-state index in [0.29, 0.717) is 16.9 Å². The molecule has 28 heavy (non-hydrogen) atoms. The number of rotatable bonds is 6. The molecule has 0 saturated carbocycles.